The van der Waals surface area contributed by atoms with Crippen molar-refractivity contribution in [2.75, 3.05) is 73.8 Å². The highest BCUT2D eigenvalue weighted by Crippen LogP contribution is 2.34. The van der Waals surface area contributed by atoms with Gasteiger partial charge in [-0.1, -0.05) is 0 Å². The van der Waals surface area contributed by atoms with E-state index >= 15 is 0 Å². The first-order chi connectivity index (χ1) is 16.3. The summed E-state index contributed by atoms with van der Waals surface area (Å²) in [6.45, 7) is 5.13. The van der Waals surface area contributed by atoms with Crippen LogP contribution in [0.4, 0.5) is 17.1 Å². The van der Waals surface area contributed by atoms with Crippen LogP contribution in [-0.4, -0.2) is 78.5 Å². The topological polar surface area (TPSA) is 91.4 Å². The number of amides is 1. The second kappa shape index (κ2) is 10.5. The van der Waals surface area contributed by atoms with Crippen molar-refractivity contribution in [2.24, 2.45) is 0 Å². The molecule has 2 aromatic rings. The van der Waals surface area contributed by atoms with Gasteiger partial charge in [-0.25, -0.2) is 8.42 Å². The molecule has 2 heterocycles. The van der Waals surface area contributed by atoms with Gasteiger partial charge in [-0.3, -0.25) is 9.10 Å². The molecule has 184 valence electrons. The van der Waals surface area contributed by atoms with Crippen LogP contribution in [0.5, 0.6) is 11.5 Å². The van der Waals surface area contributed by atoms with Crippen LogP contribution in [0.2, 0.25) is 0 Å². The van der Waals surface area contributed by atoms with Gasteiger partial charge in [0, 0.05) is 56.6 Å². The van der Waals surface area contributed by atoms with Crippen LogP contribution in [0.15, 0.2) is 42.5 Å². The first kappa shape index (κ1) is 24.2. The maximum Gasteiger partial charge on any atom is 0.232 e. The number of hydrogen-bond acceptors (Lipinski definition) is 7. The SMILES string of the molecule is CN1CCN(c2ccc(NC(=O)CCCN(c3ccc4c(c3)OCCO4)S(C)(=O)=O)cc2)CC1. The fraction of sp³-hybridized carbons (Fsp3) is 0.458. The van der Waals surface area contributed by atoms with E-state index in [1.807, 2.05) is 24.3 Å². The Labute approximate surface area is 201 Å². The second-order valence-electron chi connectivity index (χ2n) is 8.65. The Bertz CT molecular complexity index is 1100. The summed E-state index contributed by atoms with van der Waals surface area (Å²) >= 11 is 0. The predicted octanol–water partition coefficient (Wildman–Crippen LogP) is 2.39. The fourth-order valence-electron chi connectivity index (χ4n) is 4.10. The third-order valence-electron chi connectivity index (χ3n) is 6.00. The lowest BCUT2D eigenvalue weighted by Crippen LogP contribution is -2.44. The van der Waals surface area contributed by atoms with Gasteiger partial charge in [0.15, 0.2) is 11.5 Å². The van der Waals surface area contributed by atoms with E-state index in [-0.39, 0.29) is 18.9 Å². The number of ether oxygens (including phenoxy) is 2. The summed E-state index contributed by atoms with van der Waals surface area (Å²) in [5.41, 5.74) is 2.37. The summed E-state index contributed by atoms with van der Waals surface area (Å²) in [6, 6.07) is 12.9. The van der Waals surface area contributed by atoms with Crippen LogP contribution in [0.1, 0.15) is 12.8 Å². The van der Waals surface area contributed by atoms with E-state index in [1.165, 1.54) is 4.31 Å². The molecule has 2 aliphatic rings. The number of piperazine rings is 1. The molecule has 1 saturated heterocycles. The monoisotopic (exact) mass is 488 g/mol. The number of rotatable bonds is 8. The number of nitrogens with one attached hydrogen (secondary N) is 1. The Morgan fingerprint density at radius 2 is 1.68 bits per heavy atom. The Balaban J connectivity index is 1.30. The highest BCUT2D eigenvalue weighted by Gasteiger charge is 2.21. The van der Waals surface area contributed by atoms with Gasteiger partial charge in [-0.15, -0.1) is 0 Å². The zero-order valence-electron chi connectivity index (χ0n) is 19.7. The molecule has 1 fully saturated rings. The minimum atomic E-state index is -3.52. The normalized spacial score (nSPS) is 16.2. The van der Waals surface area contributed by atoms with Gasteiger partial charge in [-0.05, 0) is 49.9 Å². The standard InChI is InChI=1S/C24H32N4O5S/c1-26-12-14-27(15-13-26)20-7-5-19(6-8-20)25-24(29)4-3-11-28(34(2,30)31)21-9-10-22-23(18-21)33-17-16-32-22/h5-10,18H,3-4,11-17H2,1-2H3,(H,25,29). The molecule has 10 heteroatoms. The first-order valence-electron chi connectivity index (χ1n) is 11.5. The molecule has 0 atom stereocenters. The Hall–Kier alpha value is -2.98. The maximum absolute atomic E-state index is 12.5. The summed E-state index contributed by atoms with van der Waals surface area (Å²) in [5.74, 6) is 0.972. The average Bonchev–Trinajstić information content (AvgIpc) is 2.82. The van der Waals surface area contributed by atoms with Crippen molar-refractivity contribution in [3.05, 3.63) is 42.5 Å². The third-order valence-corrected chi connectivity index (χ3v) is 7.19. The summed E-state index contributed by atoms with van der Waals surface area (Å²) in [6.07, 6.45) is 1.75. The van der Waals surface area contributed by atoms with Gasteiger partial charge in [-0.2, -0.15) is 0 Å². The highest BCUT2D eigenvalue weighted by molar-refractivity contribution is 7.92. The summed E-state index contributed by atoms with van der Waals surface area (Å²) in [7, 11) is -1.40. The number of fused-ring (bicyclic) bond motifs is 1. The molecule has 0 bridgehead atoms. The summed E-state index contributed by atoms with van der Waals surface area (Å²) in [4.78, 5) is 17.1. The molecule has 0 aliphatic carbocycles. The molecule has 0 aromatic heterocycles. The predicted molar refractivity (Wildman–Crippen MR) is 134 cm³/mol. The van der Waals surface area contributed by atoms with E-state index < -0.39 is 10.0 Å². The summed E-state index contributed by atoms with van der Waals surface area (Å²) < 4.78 is 37.2. The smallest absolute Gasteiger partial charge is 0.232 e. The number of likely N-dealkylation sites (N-methyl/N-ethyl adjacent to an activating group) is 1. The van der Waals surface area contributed by atoms with E-state index in [1.54, 1.807) is 18.2 Å². The van der Waals surface area contributed by atoms with Crippen LogP contribution < -0.4 is 24.0 Å². The van der Waals surface area contributed by atoms with Crippen molar-refractivity contribution in [3.8, 4) is 11.5 Å². The van der Waals surface area contributed by atoms with Crippen LogP contribution in [0.25, 0.3) is 0 Å². The molecule has 0 saturated carbocycles. The zero-order chi connectivity index (χ0) is 24.1. The molecule has 34 heavy (non-hydrogen) atoms. The van der Waals surface area contributed by atoms with Gasteiger partial charge in [0.1, 0.15) is 13.2 Å². The van der Waals surface area contributed by atoms with E-state index in [4.69, 9.17) is 9.47 Å². The van der Waals surface area contributed by atoms with Gasteiger partial charge >= 0.3 is 0 Å². The van der Waals surface area contributed by atoms with E-state index in [2.05, 4.69) is 22.2 Å². The van der Waals surface area contributed by atoms with Crippen molar-refractivity contribution < 1.29 is 22.7 Å². The molecule has 1 N–H and O–H groups in total. The molecule has 2 aromatic carbocycles. The lowest BCUT2D eigenvalue weighted by atomic mass is 10.2. The minimum Gasteiger partial charge on any atom is -0.486 e. The minimum absolute atomic E-state index is 0.150. The van der Waals surface area contributed by atoms with Crippen LogP contribution in [0.3, 0.4) is 0 Å². The number of benzene rings is 2. The highest BCUT2D eigenvalue weighted by atomic mass is 32.2. The zero-order valence-corrected chi connectivity index (χ0v) is 20.5. The van der Waals surface area contributed by atoms with Crippen molar-refractivity contribution in [1.82, 2.24) is 4.90 Å². The summed E-state index contributed by atoms with van der Waals surface area (Å²) in [5, 5.41) is 2.90. The molecule has 0 radical (unpaired) electrons. The number of sulfonamides is 1. The number of carbonyl (C=O) groups is 1. The number of anilines is 3. The van der Waals surface area contributed by atoms with Crippen molar-refractivity contribution in [3.63, 3.8) is 0 Å². The number of carbonyl (C=O) groups excluding carboxylic acids is 1. The number of hydrogen-bond donors (Lipinski definition) is 1. The molecule has 0 unspecified atom stereocenters. The van der Waals surface area contributed by atoms with Crippen LogP contribution >= 0.6 is 0 Å². The Morgan fingerprint density at radius 1 is 1.00 bits per heavy atom. The molecular weight excluding hydrogens is 456 g/mol. The van der Waals surface area contributed by atoms with Crippen LogP contribution in [0, 0.1) is 0 Å². The molecule has 1 amide bonds. The van der Waals surface area contributed by atoms with Gasteiger partial charge in [0.2, 0.25) is 15.9 Å². The van der Waals surface area contributed by atoms with E-state index in [0.29, 0.717) is 36.8 Å². The van der Waals surface area contributed by atoms with Crippen molar-refractivity contribution in [1.29, 1.82) is 0 Å². The van der Waals surface area contributed by atoms with Gasteiger partial charge in [0.25, 0.3) is 0 Å². The fourth-order valence-corrected chi connectivity index (χ4v) is 5.06. The first-order valence-corrected chi connectivity index (χ1v) is 13.4. The molecule has 2 aliphatic heterocycles. The largest absolute Gasteiger partial charge is 0.486 e. The van der Waals surface area contributed by atoms with Crippen LogP contribution in [-0.2, 0) is 14.8 Å². The Kier molecular flexibility index (Phi) is 7.47. The van der Waals surface area contributed by atoms with Crippen molar-refractivity contribution >= 4 is 33.0 Å². The molecule has 9 nitrogen and oxygen atoms in total. The van der Waals surface area contributed by atoms with E-state index in [0.717, 1.165) is 43.8 Å². The van der Waals surface area contributed by atoms with Crippen molar-refractivity contribution in [2.45, 2.75) is 12.8 Å². The third kappa shape index (κ3) is 6.12. The Morgan fingerprint density at radius 3 is 2.35 bits per heavy atom. The lowest BCUT2D eigenvalue weighted by Gasteiger charge is -2.34. The van der Waals surface area contributed by atoms with E-state index in [9.17, 15) is 13.2 Å². The lowest BCUT2D eigenvalue weighted by molar-refractivity contribution is -0.116. The molecule has 0 spiro atoms. The molecular formula is C24H32N4O5S. The average molecular weight is 489 g/mol. The maximum atomic E-state index is 12.5. The molecule has 4 rings (SSSR count). The van der Waals surface area contributed by atoms with Gasteiger partial charge < -0.3 is 24.6 Å². The number of nitrogens with zero attached hydrogens (tertiary/aromatic N) is 3. The quantitative estimate of drug-likeness (QED) is 0.610. The second-order valence-corrected chi connectivity index (χ2v) is 10.6. The van der Waals surface area contributed by atoms with Gasteiger partial charge in [0.05, 0.1) is 11.9 Å².